The predicted octanol–water partition coefficient (Wildman–Crippen LogP) is 2.29. The van der Waals surface area contributed by atoms with E-state index in [0.29, 0.717) is 6.54 Å². The quantitative estimate of drug-likeness (QED) is 0.892. The Hall–Kier alpha value is -0.870. The summed E-state index contributed by atoms with van der Waals surface area (Å²) in [6, 6.07) is 4.27. The molecule has 1 atom stereocenters. The van der Waals surface area contributed by atoms with Gasteiger partial charge in [0.2, 0.25) is 5.91 Å². The second kappa shape index (κ2) is 4.42. The summed E-state index contributed by atoms with van der Waals surface area (Å²) in [6.45, 7) is 3.54. The zero-order valence-electron chi connectivity index (χ0n) is 10.1. The second-order valence-electron chi connectivity index (χ2n) is 5.07. The van der Waals surface area contributed by atoms with Crippen LogP contribution in [0.3, 0.4) is 0 Å². The molecule has 2 fully saturated rings. The van der Waals surface area contributed by atoms with Crippen LogP contribution in [0.15, 0.2) is 12.1 Å². The van der Waals surface area contributed by atoms with E-state index in [-0.39, 0.29) is 12.1 Å². The Morgan fingerprint density at radius 1 is 1.47 bits per heavy atom. The van der Waals surface area contributed by atoms with Gasteiger partial charge in [-0.05, 0) is 37.8 Å². The Morgan fingerprint density at radius 3 is 2.88 bits per heavy atom. The fourth-order valence-corrected chi connectivity index (χ4v) is 3.52. The van der Waals surface area contributed by atoms with Gasteiger partial charge in [0.25, 0.3) is 0 Å². The maximum absolute atomic E-state index is 11.9. The number of hydrogen-bond acceptors (Lipinski definition) is 3. The van der Waals surface area contributed by atoms with Gasteiger partial charge in [-0.1, -0.05) is 6.42 Å². The third kappa shape index (κ3) is 2.11. The molecule has 0 radical (unpaired) electrons. The van der Waals surface area contributed by atoms with E-state index in [1.807, 2.05) is 4.90 Å². The minimum Gasteiger partial charge on any atom is -0.321 e. The van der Waals surface area contributed by atoms with E-state index in [4.69, 9.17) is 0 Å². The molecular weight excluding hydrogens is 232 g/mol. The Kier molecular flexibility index (Phi) is 2.92. The molecule has 3 rings (SSSR count). The molecule has 1 aliphatic carbocycles. The van der Waals surface area contributed by atoms with Gasteiger partial charge >= 0.3 is 0 Å². The van der Waals surface area contributed by atoms with Crippen LogP contribution < -0.4 is 5.32 Å². The van der Waals surface area contributed by atoms with E-state index in [1.54, 1.807) is 11.3 Å². The topological polar surface area (TPSA) is 32.3 Å². The van der Waals surface area contributed by atoms with Crippen molar-refractivity contribution in [1.82, 2.24) is 10.2 Å². The third-order valence-electron chi connectivity index (χ3n) is 3.79. The Labute approximate surface area is 106 Å². The number of amides is 1. The zero-order chi connectivity index (χ0) is 11.8. The normalized spacial score (nSPS) is 25.4. The van der Waals surface area contributed by atoms with Crippen molar-refractivity contribution in [3.63, 3.8) is 0 Å². The number of nitrogens with zero attached hydrogens (tertiary/aromatic N) is 1. The van der Waals surface area contributed by atoms with Gasteiger partial charge in [-0.15, -0.1) is 11.3 Å². The molecule has 2 heterocycles. The number of hydrogen-bond donors (Lipinski definition) is 1. The van der Waals surface area contributed by atoms with Crippen LogP contribution in [-0.2, 0) is 4.79 Å². The van der Waals surface area contributed by atoms with Gasteiger partial charge < -0.3 is 4.90 Å². The second-order valence-corrected chi connectivity index (χ2v) is 6.39. The number of nitrogens with one attached hydrogen (secondary N) is 1. The van der Waals surface area contributed by atoms with E-state index < -0.39 is 0 Å². The van der Waals surface area contributed by atoms with Gasteiger partial charge in [0.05, 0.1) is 6.54 Å². The van der Waals surface area contributed by atoms with Gasteiger partial charge in [-0.3, -0.25) is 10.1 Å². The van der Waals surface area contributed by atoms with Crippen LogP contribution >= 0.6 is 11.3 Å². The standard InChI is InChI=1S/C13H18N2OS/c1-9-5-6-11(17-9)13-14-7-12(16)15(13)8-10-3-2-4-10/h5-6,10,13-14H,2-4,7-8H2,1H3. The molecule has 1 aromatic heterocycles. The Balaban J connectivity index is 1.75. The summed E-state index contributed by atoms with van der Waals surface area (Å²) in [7, 11) is 0. The number of carbonyl (C=O) groups excluding carboxylic acids is 1. The molecule has 1 aromatic rings. The largest absolute Gasteiger partial charge is 0.321 e. The van der Waals surface area contributed by atoms with E-state index in [0.717, 1.165) is 12.5 Å². The molecule has 0 aromatic carbocycles. The van der Waals surface area contributed by atoms with Crippen molar-refractivity contribution >= 4 is 17.2 Å². The van der Waals surface area contributed by atoms with Crippen LogP contribution in [0.25, 0.3) is 0 Å². The lowest BCUT2D eigenvalue weighted by Crippen LogP contribution is -2.36. The summed E-state index contributed by atoms with van der Waals surface area (Å²) in [6.07, 6.45) is 4.05. The minimum atomic E-state index is 0.127. The molecule has 2 aliphatic rings. The van der Waals surface area contributed by atoms with Crippen LogP contribution in [0.5, 0.6) is 0 Å². The molecule has 17 heavy (non-hydrogen) atoms. The number of carbonyl (C=O) groups is 1. The van der Waals surface area contributed by atoms with E-state index in [9.17, 15) is 4.79 Å². The minimum absolute atomic E-state index is 0.127. The monoisotopic (exact) mass is 250 g/mol. The van der Waals surface area contributed by atoms with Gasteiger partial charge in [0, 0.05) is 16.3 Å². The van der Waals surface area contributed by atoms with Crippen LogP contribution in [0.4, 0.5) is 0 Å². The zero-order valence-corrected chi connectivity index (χ0v) is 10.9. The number of aryl methyl sites for hydroxylation is 1. The Morgan fingerprint density at radius 2 is 2.29 bits per heavy atom. The fraction of sp³-hybridized carbons (Fsp3) is 0.615. The summed E-state index contributed by atoms with van der Waals surface area (Å²) in [5.41, 5.74) is 0. The SMILES string of the molecule is Cc1ccc(C2NCC(=O)N2CC2CCC2)s1. The van der Waals surface area contributed by atoms with Crippen molar-refractivity contribution in [3.05, 3.63) is 21.9 Å². The average Bonchev–Trinajstić information content (AvgIpc) is 2.79. The van der Waals surface area contributed by atoms with Gasteiger partial charge in [0.15, 0.2) is 0 Å². The Bertz CT molecular complexity index is 425. The highest BCUT2D eigenvalue weighted by molar-refractivity contribution is 7.12. The van der Waals surface area contributed by atoms with Crippen LogP contribution in [0, 0.1) is 12.8 Å². The van der Waals surface area contributed by atoms with E-state index in [1.165, 1.54) is 29.0 Å². The molecule has 0 spiro atoms. The first-order chi connectivity index (χ1) is 8.24. The van der Waals surface area contributed by atoms with Crippen LogP contribution in [-0.4, -0.2) is 23.9 Å². The first-order valence-corrected chi connectivity index (χ1v) is 7.15. The summed E-state index contributed by atoms with van der Waals surface area (Å²) in [4.78, 5) is 16.5. The van der Waals surface area contributed by atoms with Crippen LogP contribution in [0.1, 0.15) is 35.2 Å². The molecule has 92 valence electrons. The molecular formula is C13H18N2OS. The smallest absolute Gasteiger partial charge is 0.238 e. The number of rotatable bonds is 3. The van der Waals surface area contributed by atoms with Crippen molar-refractivity contribution in [1.29, 1.82) is 0 Å². The van der Waals surface area contributed by atoms with Crippen molar-refractivity contribution < 1.29 is 4.79 Å². The summed E-state index contributed by atoms with van der Waals surface area (Å²) < 4.78 is 0. The summed E-state index contributed by atoms with van der Waals surface area (Å²) >= 11 is 1.79. The van der Waals surface area contributed by atoms with Crippen molar-refractivity contribution in [2.24, 2.45) is 5.92 Å². The maximum Gasteiger partial charge on any atom is 0.238 e. The molecule has 0 bridgehead atoms. The summed E-state index contributed by atoms with van der Waals surface area (Å²) in [5.74, 6) is 0.996. The molecule has 1 saturated carbocycles. The lowest BCUT2D eigenvalue weighted by atomic mass is 9.85. The predicted molar refractivity (Wildman–Crippen MR) is 68.9 cm³/mol. The molecule has 1 amide bonds. The first kappa shape index (κ1) is 11.2. The van der Waals surface area contributed by atoms with Crippen molar-refractivity contribution in [2.75, 3.05) is 13.1 Å². The third-order valence-corrected chi connectivity index (χ3v) is 4.84. The molecule has 3 nitrogen and oxygen atoms in total. The maximum atomic E-state index is 11.9. The molecule has 1 N–H and O–H groups in total. The van der Waals surface area contributed by atoms with Gasteiger partial charge in [-0.2, -0.15) is 0 Å². The highest BCUT2D eigenvalue weighted by Gasteiger charge is 2.34. The van der Waals surface area contributed by atoms with Gasteiger partial charge in [0.1, 0.15) is 6.17 Å². The molecule has 1 aliphatic heterocycles. The first-order valence-electron chi connectivity index (χ1n) is 6.33. The average molecular weight is 250 g/mol. The van der Waals surface area contributed by atoms with Crippen LogP contribution in [0.2, 0.25) is 0 Å². The summed E-state index contributed by atoms with van der Waals surface area (Å²) in [5, 5.41) is 3.33. The molecule has 4 heteroatoms. The highest BCUT2D eigenvalue weighted by atomic mass is 32.1. The molecule has 1 unspecified atom stereocenters. The van der Waals surface area contributed by atoms with E-state index >= 15 is 0 Å². The van der Waals surface area contributed by atoms with Crippen molar-refractivity contribution in [3.8, 4) is 0 Å². The fourth-order valence-electron chi connectivity index (χ4n) is 2.56. The molecule has 1 saturated heterocycles. The number of thiophene rings is 1. The lowest BCUT2D eigenvalue weighted by Gasteiger charge is -2.32. The lowest BCUT2D eigenvalue weighted by molar-refractivity contribution is -0.129. The highest BCUT2D eigenvalue weighted by Crippen LogP contribution is 2.33. The van der Waals surface area contributed by atoms with Crippen molar-refractivity contribution in [2.45, 2.75) is 32.4 Å². The van der Waals surface area contributed by atoms with E-state index in [2.05, 4.69) is 24.4 Å². The van der Waals surface area contributed by atoms with Gasteiger partial charge in [-0.25, -0.2) is 0 Å².